The summed E-state index contributed by atoms with van der Waals surface area (Å²) in [7, 11) is 0. The van der Waals surface area contributed by atoms with E-state index < -0.39 is 0 Å². The van der Waals surface area contributed by atoms with Gasteiger partial charge in [0.1, 0.15) is 5.75 Å². The van der Waals surface area contributed by atoms with Crippen molar-refractivity contribution in [1.29, 1.82) is 0 Å². The molecule has 236 valence electrons. The molecule has 1 aliphatic heterocycles. The van der Waals surface area contributed by atoms with Crippen molar-refractivity contribution in [2.24, 2.45) is 23.2 Å². The molecule has 4 saturated carbocycles. The van der Waals surface area contributed by atoms with Crippen molar-refractivity contribution >= 4 is 17.5 Å². The van der Waals surface area contributed by atoms with E-state index in [1.165, 1.54) is 38.5 Å². The number of anilines is 1. The minimum Gasteiger partial charge on any atom is -0.492 e. The van der Waals surface area contributed by atoms with Crippen molar-refractivity contribution in [3.05, 3.63) is 78.1 Å². The van der Waals surface area contributed by atoms with Gasteiger partial charge in [0.25, 0.3) is 5.91 Å². The highest BCUT2D eigenvalue weighted by Crippen LogP contribution is 2.59. The number of aryl methyl sites for hydroxylation is 1. The number of rotatable bonds is 10. The summed E-state index contributed by atoms with van der Waals surface area (Å²) in [5.74, 6) is 3.68. The van der Waals surface area contributed by atoms with E-state index in [9.17, 15) is 9.59 Å². The number of carbonyl (C=O) groups is 2. The summed E-state index contributed by atoms with van der Waals surface area (Å²) in [4.78, 5) is 34.9. The topological polar surface area (TPSA) is 74.8 Å². The van der Waals surface area contributed by atoms with Crippen LogP contribution in [0.4, 0.5) is 5.69 Å². The van der Waals surface area contributed by atoms with E-state index in [1.54, 1.807) is 6.20 Å². The molecule has 4 aliphatic carbocycles. The first-order valence-corrected chi connectivity index (χ1v) is 17.0. The van der Waals surface area contributed by atoms with Crippen molar-refractivity contribution in [2.75, 3.05) is 44.2 Å². The third-order valence-corrected chi connectivity index (χ3v) is 10.9. The first-order chi connectivity index (χ1) is 22.0. The molecule has 45 heavy (non-hydrogen) atoms. The SMILES string of the molecule is CCOc1cncc(-c2ccccc2CCC(=O)N2CCN(c3ccc(C(=O)NCC45CC6CC(CC(C6)C4)C5)cc3)CC2)c1. The number of pyridine rings is 1. The molecule has 0 atom stereocenters. The van der Waals surface area contributed by atoms with Gasteiger partial charge in [-0.15, -0.1) is 0 Å². The van der Waals surface area contributed by atoms with Crippen LogP contribution in [0.5, 0.6) is 5.75 Å². The summed E-state index contributed by atoms with van der Waals surface area (Å²) >= 11 is 0. The van der Waals surface area contributed by atoms with E-state index in [1.807, 2.05) is 48.4 Å². The molecular weight excluding hydrogens is 560 g/mol. The predicted octanol–water partition coefficient (Wildman–Crippen LogP) is 6.37. The van der Waals surface area contributed by atoms with Gasteiger partial charge in [-0.3, -0.25) is 14.6 Å². The van der Waals surface area contributed by atoms with Gasteiger partial charge in [0.15, 0.2) is 0 Å². The molecule has 7 heteroatoms. The summed E-state index contributed by atoms with van der Waals surface area (Å²) in [5, 5.41) is 3.31. The van der Waals surface area contributed by atoms with Crippen LogP contribution in [0.1, 0.15) is 67.8 Å². The maximum absolute atomic E-state index is 13.2. The average molecular weight is 607 g/mol. The van der Waals surface area contributed by atoms with Crippen LogP contribution in [0.3, 0.4) is 0 Å². The molecule has 5 aliphatic rings. The van der Waals surface area contributed by atoms with Crippen LogP contribution in [0.15, 0.2) is 67.0 Å². The van der Waals surface area contributed by atoms with Crippen LogP contribution >= 0.6 is 0 Å². The van der Waals surface area contributed by atoms with E-state index in [0.717, 1.165) is 71.1 Å². The second-order valence-corrected chi connectivity index (χ2v) is 14.0. The van der Waals surface area contributed by atoms with Crippen molar-refractivity contribution < 1.29 is 14.3 Å². The average Bonchev–Trinajstić information content (AvgIpc) is 3.06. The lowest BCUT2D eigenvalue weighted by Crippen LogP contribution is -2.51. The zero-order chi connectivity index (χ0) is 30.8. The van der Waals surface area contributed by atoms with Crippen molar-refractivity contribution in [1.82, 2.24) is 15.2 Å². The van der Waals surface area contributed by atoms with Crippen LogP contribution in [0.2, 0.25) is 0 Å². The number of hydrogen-bond donors (Lipinski definition) is 1. The molecule has 2 amide bonds. The van der Waals surface area contributed by atoms with Gasteiger partial charge in [-0.25, -0.2) is 0 Å². The fraction of sp³-hybridized carbons (Fsp3) is 0.500. The molecule has 3 aromatic rings. The summed E-state index contributed by atoms with van der Waals surface area (Å²) in [6, 6.07) is 18.3. The maximum Gasteiger partial charge on any atom is 0.251 e. The molecule has 0 unspecified atom stereocenters. The monoisotopic (exact) mass is 606 g/mol. The maximum atomic E-state index is 13.2. The van der Waals surface area contributed by atoms with Gasteiger partial charge in [0.05, 0.1) is 12.8 Å². The normalized spacial score (nSPS) is 25.3. The molecule has 8 rings (SSSR count). The summed E-state index contributed by atoms with van der Waals surface area (Å²) in [6.07, 6.45) is 12.9. The standard InChI is InChI=1S/C38H46N4O3/c1-2-45-34-20-32(24-39-25-34)35-6-4-3-5-30(35)9-12-36(43)42-15-13-41(14-16-42)33-10-7-31(8-11-33)37(44)40-26-38-21-27-17-28(22-38)19-29(18-27)23-38/h3-8,10-11,20,24-25,27-29H,2,9,12-19,21-23,26H2,1H3,(H,40,44). The Labute approximate surface area is 267 Å². The first kappa shape index (κ1) is 29.8. The molecule has 4 bridgehead atoms. The Balaban J connectivity index is 0.889. The highest BCUT2D eigenvalue weighted by atomic mass is 16.5. The fourth-order valence-corrected chi connectivity index (χ4v) is 9.15. The quantitative estimate of drug-likeness (QED) is 0.290. The highest BCUT2D eigenvalue weighted by molar-refractivity contribution is 5.94. The number of nitrogens with zero attached hydrogens (tertiary/aromatic N) is 3. The van der Waals surface area contributed by atoms with Gasteiger partial charge in [-0.05, 0) is 116 Å². The second kappa shape index (κ2) is 12.9. The molecular formula is C38H46N4O3. The summed E-state index contributed by atoms with van der Waals surface area (Å²) < 4.78 is 5.64. The Morgan fingerprint density at radius 3 is 2.29 bits per heavy atom. The lowest BCUT2D eigenvalue weighted by atomic mass is 9.49. The summed E-state index contributed by atoms with van der Waals surface area (Å²) in [6.45, 7) is 6.37. The Bertz CT molecular complexity index is 1480. The zero-order valence-electron chi connectivity index (χ0n) is 26.5. The van der Waals surface area contributed by atoms with Crippen LogP contribution in [-0.2, 0) is 11.2 Å². The van der Waals surface area contributed by atoms with Crippen molar-refractivity contribution in [3.63, 3.8) is 0 Å². The largest absolute Gasteiger partial charge is 0.492 e. The molecule has 2 aromatic carbocycles. The Hall–Kier alpha value is -3.87. The third-order valence-electron chi connectivity index (χ3n) is 10.9. The summed E-state index contributed by atoms with van der Waals surface area (Å²) in [5.41, 5.74) is 5.42. The lowest BCUT2D eigenvalue weighted by molar-refractivity contribution is -0.131. The van der Waals surface area contributed by atoms with Gasteiger partial charge in [0, 0.05) is 62.2 Å². The van der Waals surface area contributed by atoms with Crippen molar-refractivity contribution in [3.8, 4) is 16.9 Å². The Morgan fingerprint density at radius 2 is 1.60 bits per heavy atom. The van der Waals surface area contributed by atoms with E-state index in [0.29, 0.717) is 38.0 Å². The van der Waals surface area contributed by atoms with Crippen LogP contribution in [0, 0.1) is 23.2 Å². The minimum atomic E-state index is 0.0487. The zero-order valence-corrected chi connectivity index (χ0v) is 26.5. The lowest BCUT2D eigenvalue weighted by Gasteiger charge is -2.56. The number of piperazine rings is 1. The van der Waals surface area contributed by atoms with E-state index >= 15 is 0 Å². The number of hydrogen-bond acceptors (Lipinski definition) is 5. The van der Waals surface area contributed by atoms with Crippen LogP contribution in [0.25, 0.3) is 11.1 Å². The first-order valence-electron chi connectivity index (χ1n) is 17.0. The Kier molecular flexibility index (Phi) is 8.52. The predicted molar refractivity (Wildman–Crippen MR) is 177 cm³/mol. The number of nitrogens with one attached hydrogen (secondary N) is 1. The molecule has 1 N–H and O–H groups in total. The number of ether oxygens (including phenoxy) is 1. The molecule has 0 spiro atoms. The van der Waals surface area contributed by atoms with Gasteiger partial charge >= 0.3 is 0 Å². The molecule has 5 fully saturated rings. The van der Waals surface area contributed by atoms with E-state index in [2.05, 4.69) is 39.5 Å². The smallest absolute Gasteiger partial charge is 0.251 e. The molecule has 0 radical (unpaired) electrons. The number of aromatic nitrogens is 1. The highest BCUT2D eigenvalue weighted by Gasteiger charge is 2.50. The van der Waals surface area contributed by atoms with Crippen molar-refractivity contribution in [2.45, 2.75) is 58.3 Å². The van der Waals surface area contributed by atoms with Gasteiger partial charge in [-0.2, -0.15) is 0 Å². The number of carbonyl (C=O) groups excluding carboxylic acids is 2. The Morgan fingerprint density at radius 1 is 0.911 bits per heavy atom. The van der Waals surface area contributed by atoms with Gasteiger partial charge in [-0.1, -0.05) is 24.3 Å². The number of amides is 2. The van der Waals surface area contributed by atoms with Gasteiger partial charge < -0.3 is 19.9 Å². The fourth-order valence-electron chi connectivity index (χ4n) is 9.15. The molecule has 1 saturated heterocycles. The van der Waals surface area contributed by atoms with Gasteiger partial charge in [0.2, 0.25) is 5.91 Å². The van der Waals surface area contributed by atoms with Crippen LogP contribution < -0.4 is 15.0 Å². The molecule has 2 heterocycles. The molecule has 1 aromatic heterocycles. The van der Waals surface area contributed by atoms with Crippen LogP contribution in [-0.4, -0.2) is 61.0 Å². The van der Waals surface area contributed by atoms with E-state index in [4.69, 9.17) is 4.74 Å². The minimum absolute atomic E-state index is 0.0487. The molecule has 7 nitrogen and oxygen atoms in total. The second-order valence-electron chi connectivity index (χ2n) is 14.0. The van der Waals surface area contributed by atoms with E-state index in [-0.39, 0.29) is 11.8 Å². The number of benzene rings is 2. The third kappa shape index (κ3) is 6.58.